The molecule has 0 heterocycles. The molecule has 0 rings (SSSR count). The van der Waals surface area contributed by atoms with E-state index in [2.05, 4.69) is 9.47 Å². The molecule has 0 saturated carbocycles. The molecule has 0 aromatic heterocycles. The highest BCUT2D eigenvalue weighted by Gasteiger charge is 2.10. The molecule has 0 bridgehead atoms. The molecule has 0 radical (unpaired) electrons. The van der Waals surface area contributed by atoms with Crippen molar-refractivity contribution in [1.82, 2.24) is 0 Å². The van der Waals surface area contributed by atoms with E-state index in [0.29, 0.717) is 0 Å². The summed E-state index contributed by atoms with van der Waals surface area (Å²) >= 11 is 0. The minimum Gasteiger partial charge on any atom is -0.466 e. The van der Waals surface area contributed by atoms with E-state index in [4.69, 9.17) is 5.41 Å². The van der Waals surface area contributed by atoms with Crippen LogP contribution in [0.3, 0.4) is 0 Å². The second kappa shape index (κ2) is 6.33. The van der Waals surface area contributed by atoms with Gasteiger partial charge >= 0.3 is 11.9 Å². The standard InChI is InChI=1S/C7H11NO4/c1-2-11-6(9)5-7(10)12-4-3-8/h3,8H,2,4-5H2,1H3. The van der Waals surface area contributed by atoms with Gasteiger partial charge in [0.2, 0.25) is 0 Å². The van der Waals surface area contributed by atoms with Crippen molar-refractivity contribution < 1.29 is 19.1 Å². The molecule has 0 aromatic rings. The Hall–Kier alpha value is -1.39. The second-order valence-corrected chi connectivity index (χ2v) is 1.87. The van der Waals surface area contributed by atoms with E-state index < -0.39 is 11.9 Å². The van der Waals surface area contributed by atoms with E-state index in [1.165, 1.54) is 0 Å². The van der Waals surface area contributed by atoms with Crippen molar-refractivity contribution in [2.24, 2.45) is 0 Å². The molecule has 0 aliphatic carbocycles. The molecular weight excluding hydrogens is 162 g/mol. The van der Waals surface area contributed by atoms with Crippen LogP contribution in [0.1, 0.15) is 13.3 Å². The van der Waals surface area contributed by atoms with Gasteiger partial charge in [-0.2, -0.15) is 0 Å². The van der Waals surface area contributed by atoms with Gasteiger partial charge in [-0.25, -0.2) is 0 Å². The maximum Gasteiger partial charge on any atom is 0.317 e. The number of hydrogen-bond donors (Lipinski definition) is 1. The number of carbonyl (C=O) groups excluding carboxylic acids is 2. The first kappa shape index (κ1) is 10.6. The smallest absolute Gasteiger partial charge is 0.317 e. The Morgan fingerprint density at radius 3 is 2.42 bits per heavy atom. The third-order valence-electron chi connectivity index (χ3n) is 0.922. The topological polar surface area (TPSA) is 76.5 Å². The molecule has 0 atom stereocenters. The lowest BCUT2D eigenvalue weighted by Crippen LogP contribution is -2.14. The van der Waals surface area contributed by atoms with E-state index in [1.54, 1.807) is 6.92 Å². The van der Waals surface area contributed by atoms with Crippen LogP contribution in [0.25, 0.3) is 0 Å². The van der Waals surface area contributed by atoms with E-state index in [0.717, 1.165) is 6.21 Å². The van der Waals surface area contributed by atoms with Gasteiger partial charge in [0.1, 0.15) is 13.0 Å². The predicted molar refractivity (Wildman–Crippen MR) is 41.0 cm³/mol. The number of carbonyl (C=O) groups is 2. The fourth-order valence-electron chi connectivity index (χ4n) is 0.516. The zero-order valence-electron chi connectivity index (χ0n) is 6.83. The third kappa shape index (κ3) is 5.40. The molecule has 5 heteroatoms. The zero-order chi connectivity index (χ0) is 9.40. The van der Waals surface area contributed by atoms with Gasteiger partial charge in [-0.3, -0.25) is 9.59 Å². The van der Waals surface area contributed by atoms with Crippen LogP contribution in [-0.4, -0.2) is 31.4 Å². The molecule has 0 unspecified atom stereocenters. The fourth-order valence-corrected chi connectivity index (χ4v) is 0.516. The summed E-state index contributed by atoms with van der Waals surface area (Å²) in [7, 11) is 0. The van der Waals surface area contributed by atoms with Crippen molar-refractivity contribution in [2.45, 2.75) is 13.3 Å². The van der Waals surface area contributed by atoms with Crippen molar-refractivity contribution in [3.8, 4) is 0 Å². The molecule has 0 saturated heterocycles. The molecule has 5 nitrogen and oxygen atoms in total. The van der Waals surface area contributed by atoms with Crippen LogP contribution in [-0.2, 0) is 19.1 Å². The minimum absolute atomic E-state index is 0.0990. The molecule has 0 aliphatic heterocycles. The first-order valence-electron chi connectivity index (χ1n) is 3.50. The predicted octanol–water partition coefficient (Wildman–Crippen LogP) is 0.132. The summed E-state index contributed by atoms with van der Waals surface area (Å²) in [6, 6.07) is 0. The Morgan fingerprint density at radius 1 is 1.33 bits per heavy atom. The van der Waals surface area contributed by atoms with Gasteiger partial charge in [0.15, 0.2) is 0 Å². The van der Waals surface area contributed by atoms with E-state index >= 15 is 0 Å². The highest BCUT2D eigenvalue weighted by Crippen LogP contribution is 1.89. The molecule has 68 valence electrons. The molecule has 0 aromatic carbocycles. The first-order chi connectivity index (χ1) is 5.70. The number of esters is 2. The van der Waals surface area contributed by atoms with Gasteiger partial charge in [0.05, 0.1) is 6.61 Å². The largest absolute Gasteiger partial charge is 0.466 e. The van der Waals surface area contributed by atoms with Gasteiger partial charge in [-0.05, 0) is 6.92 Å². The number of rotatable bonds is 5. The molecule has 0 fully saturated rings. The maximum absolute atomic E-state index is 10.7. The summed E-state index contributed by atoms with van der Waals surface area (Å²) in [4.78, 5) is 21.3. The van der Waals surface area contributed by atoms with Gasteiger partial charge in [-0.1, -0.05) is 0 Å². The quantitative estimate of drug-likeness (QED) is 0.364. The summed E-state index contributed by atoms with van der Waals surface area (Å²) in [5.74, 6) is -1.27. The van der Waals surface area contributed by atoms with Crippen LogP contribution in [0.15, 0.2) is 0 Å². The number of hydrogen-bond acceptors (Lipinski definition) is 5. The maximum atomic E-state index is 10.7. The van der Waals surface area contributed by atoms with Gasteiger partial charge in [-0.15, -0.1) is 0 Å². The Bertz CT molecular complexity index is 178. The second-order valence-electron chi connectivity index (χ2n) is 1.87. The van der Waals surface area contributed by atoms with Crippen LogP contribution in [0, 0.1) is 5.41 Å². The van der Waals surface area contributed by atoms with Crippen molar-refractivity contribution in [3.63, 3.8) is 0 Å². The Balaban J connectivity index is 3.54. The van der Waals surface area contributed by atoms with Crippen LogP contribution in [0.5, 0.6) is 0 Å². The lowest BCUT2D eigenvalue weighted by atomic mass is 10.4. The van der Waals surface area contributed by atoms with Crippen molar-refractivity contribution in [2.75, 3.05) is 13.2 Å². The Morgan fingerprint density at radius 2 is 1.92 bits per heavy atom. The Kier molecular flexibility index (Phi) is 5.60. The van der Waals surface area contributed by atoms with Gasteiger partial charge in [0, 0.05) is 6.21 Å². The van der Waals surface area contributed by atoms with E-state index in [1.807, 2.05) is 0 Å². The molecular formula is C7H11NO4. The molecule has 0 spiro atoms. The highest BCUT2D eigenvalue weighted by molar-refractivity contribution is 5.91. The molecule has 0 amide bonds. The Labute approximate surface area is 70.2 Å². The third-order valence-corrected chi connectivity index (χ3v) is 0.922. The first-order valence-corrected chi connectivity index (χ1v) is 3.50. The number of ether oxygens (including phenoxy) is 2. The van der Waals surface area contributed by atoms with Crippen LogP contribution in [0.4, 0.5) is 0 Å². The summed E-state index contributed by atoms with van der Waals surface area (Å²) in [6.45, 7) is 1.80. The summed E-state index contributed by atoms with van der Waals surface area (Å²) < 4.78 is 8.92. The normalized spacial score (nSPS) is 8.75. The summed E-state index contributed by atoms with van der Waals surface area (Å²) in [5.41, 5.74) is 0. The SMILES string of the molecule is CCOC(=O)CC(=O)OCC=N. The summed E-state index contributed by atoms with van der Waals surface area (Å²) in [6.07, 6.45) is 0.546. The van der Waals surface area contributed by atoms with Crippen molar-refractivity contribution in [3.05, 3.63) is 0 Å². The van der Waals surface area contributed by atoms with Crippen molar-refractivity contribution >= 4 is 18.2 Å². The van der Waals surface area contributed by atoms with Gasteiger partial charge in [0.25, 0.3) is 0 Å². The van der Waals surface area contributed by atoms with Crippen LogP contribution in [0.2, 0.25) is 0 Å². The lowest BCUT2D eigenvalue weighted by molar-refractivity contribution is -0.153. The van der Waals surface area contributed by atoms with E-state index in [9.17, 15) is 9.59 Å². The van der Waals surface area contributed by atoms with Crippen LogP contribution >= 0.6 is 0 Å². The molecule has 12 heavy (non-hydrogen) atoms. The molecule has 0 aliphatic rings. The average molecular weight is 173 g/mol. The van der Waals surface area contributed by atoms with Crippen molar-refractivity contribution in [1.29, 1.82) is 5.41 Å². The highest BCUT2D eigenvalue weighted by atomic mass is 16.6. The summed E-state index contributed by atoms with van der Waals surface area (Å²) in [5, 5.41) is 6.54. The number of nitrogens with one attached hydrogen (secondary N) is 1. The molecule has 1 N–H and O–H groups in total. The van der Waals surface area contributed by atoms with E-state index in [-0.39, 0.29) is 19.6 Å². The fraction of sp³-hybridized carbons (Fsp3) is 0.571. The minimum atomic E-state index is -0.669. The average Bonchev–Trinajstić information content (AvgIpc) is 2.01. The van der Waals surface area contributed by atoms with Crippen LogP contribution < -0.4 is 0 Å². The lowest BCUT2D eigenvalue weighted by Gasteiger charge is -2.00. The zero-order valence-corrected chi connectivity index (χ0v) is 6.83. The van der Waals surface area contributed by atoms with Gasteiger partial charge < -0.3 is 14.9 Å². The monoisotopic (exact) mass is 173 g/mol.